The highest BCUT2D eigenvalue weighted by molar-refractivity contribution is 5.79. The number of nitrogens with zero attached hydrogens (tertiary/aromatic N) is 2. The molecule has 0 saturated heterocycles. The number of nitrogens with one attached hydrogen (secondary N) is 1. The van der Waals surface area contributed by atoms with Gasteiger partial charge in [-0.3, -0.25) is 4.99 Å². The topological polar surface area (TPSA) is 53.6 Å². The van der Waals surface area contributed by atoms with Gasteiger partial charge in [-0.2, -0.15) is 0 Å². The Morgan fingerprint density at radius 1 is 1.80 bits per heavy atom. The van der Waals surface area contributed by atoms with E-state index in [0.717, 1.165) is 13.1 Å². The van der Waals surface area contributed by atoms with Crippen LogP contribution in [0.3, 0.4) is 0 Å². The van der Waals surface area contributed by atoms with Gasteiger partial charge < -0.3 is 16.0 Å². The van der Waals surface area contributed by atoms with Gasteiger partial charge in [0.1, 0.15) is 0 Å². The molecule has 0 aromatic carbocycles. The van der Waals surface area contributed by atoms with Crippen LogP contribution < -0.4 is 11.1 Å². The smallest absolute Gasteiger partial charge is 0.188 e. The number of hydrogen-bond acceptors (Lipinski definition) is 4. The molecule has 1 aliphatic heterocycles. The third-order valence-electron chi connectivity index (χ3n) is 1.42. The summed E-state index contributed by atoms with van der Waals surface area (Å²) in [6.45, 7) is 1.80. The highest BCUT2D eigenvalue weighted by atomic mass is 15.2. The Kier molecular flexibility index (Phi) is 2.11. The average molecular weight is 142 g/mol. The largest absolute Gasteiger partial charge is 0.370 e. The molecule has 0 aromatic rings. The predicted molar refractivity (Wildman–Crippen MR) is 42.0 cm³/mol. The van der Waals surface area contributed by atoms with E-state index in [1.54, 1.807) is 0 Å². The minimum atomic E-state index is 0.412. The molecule has 0 aliphatic carbocycles. The molecule has 0 amide bonds. The van der Waals surface area contributed by atoms with E-state index in [-0.39, 0.29) is 0 Å². The first-order valence-corrected chi connectivity index (χ1v) is 3.39. The van der Waals surface area contributed by atoms with Crippen LogP contribution in [0.5, 0.6) is 0 Å². The maximum atomic E-state index is 5.42. The van der Waals surface area contributed by atoms with Crippen LogP contribution in [-0.4, -0.2) is 44.1 Å². The van der Waals surface area contributed by atoms with E-state index in [0.29, 0.717) is 12.0 Å². The number of aliphatic imine (C=N–C) groups is 1. The zero-order valence-electron chi connectivity index (χ0n) is 6.46. The lowest BCUT2D eigenvalue weighted by atomic mass is 10.3. The zero-order valence-corrected chi connectivity index (χ0v) is 6.46. The molecule has 4 nitrogen and oxygen atoms in total. The molecule has 0 saturated carbocycles. The summed E-state index contributed by atoms with van der Waals surface area (Å²) < 4.78 is 0. The Bertz CT molecular complexity index is 141. The molecule has 4 heteroatoms. The Morgan fingerprint density at radius 2 is 2.50 bits per heavy atom. The van der Waals surface area contributed by atoms with E-state index in [4.69, 9.17) is 5.73 Å². The Hall–Kier alpha value is -0.770. The minimum absolute atomic E-state index is 0.412. The second kappa shape index (κ2) is 2.88. The number of nitrogens with two attached hydrogens (primary N) is 1. The lowest BCUT2D eigenvalue weighted by molar-refractivity contribution is 0.368. The number of hydrogen-bond donors (Lipinski definition) is 2. The van der Waals surface area contributed by atoms with Gasteiger partial charge in [0.15, 0.2) is 5.96 Å². The van der Waals surface area contributed by atoms with Crippen LogP contribution in [-0.2, 0) is 0 Å². The molecule has 10 heavy (non-hydrogen) atoms. The van der Waals surface area contributed by atoms with Gasteiger partial charge in [0.25, 0.3) is 0 Å². The van der Waals surface area contributed by atoms with Gasteiger partial charge >= 0.3 is 0 Å². The fraction of sp³-hybridized carbons (Fsp3) is 0.833. The molecule has 0 fully saturated rings. The summed E-state index contributed by atoms with van der Waals surface area (Å²) >= 11 is 0. The quantitative estimate of drug-likeness (QED) is 0.511. The van der Waals surface area contributed by atoms with E-state index >= 15 is 0 Å². The lowest BCUT2D eigenvalue weighted by Gasteiger charge is -2.15. The van der Waals surface area contributed by atoms with Crippen LogP contribution in [0.4, 0.5) is 0 Å². The average Bonchev–Trinajstić information content (AvgIpc) is 2.13. The molecule has 0 spiro atoms. The van der Waals surface area contributed by atoms with Crippen molar-refractivity contribution in [3.05, 3.63) is 0 Å². The third kappa shape index (κ3) is 1.88. The van der Waals surface area contributed by atoms with E-state index in [1.807, 2.05) is 14.1 Å². The summed E-state index contributed by atoms with van der Waals surface area (Å²) in [7, 11) is 4.08. The van der Waals surface area contributed by atoms with E-state index < -0.39 is 0 Å². The summed E-state index contributed by atoms with van der Waals surface area (Å²) in [5.41, 5.74) is 5.42. The molecule has 1 unspecified atom stereocenters. The van der Waals surface area contributed by atoms with Crippen molar-refractivity contribution < 1.29 is 0 Å². The second-order valence-corrected chi connectivity index (χ2v) is 2.83. The van der Waals surface area contributed by atoms with E-state index in [1.165, 1.54) is 0 Å². The number of likely N-dealkylation sites (N-methyl/N-ethyl adjacent to an activating group) is 1. The van der Waals surface area contributed by atoms with E-state index in [2.05, 4.69) is 15.2 Å². The summed E-state index contributed by atoms with van der Waals surface area (Å²) in [6.07, 6.45) is 0. The summed E-state index contributed by atoms with van der Waals surface area (Å²) in [4.78, 5) is 6.14. The summed E-state index contributed by atoms with van der Waals surface area (Å²) in [6, 6.07) is 0.412. The molecule has 58 valence electrons. The Labute approximate surface area is 61.1 Å². The van der Waals surface area contributed by atoms with Gasteiger partial charge in [0, 0.05) is 6.54 Å². The van der Waals surface area contributed by atoms with Gasteiger partial charge in [-0.05, 0) is 14.1 Å². The van der Waals surface area contributed by atoms with Crippen LogP contribution >= 0.6 is 0 Å². The van der Waals surface area contributed by atoms with Crippen LogP contribution in [0.2, 0.25) is 0 Å². The molecule has 1 heterocycles. The molecule has 0 aromatic heterocycles. The normalized spacial score (nSPS) is 24.7. The first kappa shape index (κ1) is 7.34. The number of guanidine groups is 1. The van der Waals surface area contributed by atoms with Crippen molar-refractivity contribution in [2.45, 2.75) is 6.04 Å². The molecule has 1 rings (SSSR count). The number of rotatable bonds is 2. The van der Waals surface area contributed by atoms with Crippen LogP contribution in [0.15, 0.2) is 4.99 Å². The summed E-state index contributed by atoms with van der Waals surface area (Å²) in [5.74, 6) is 0.576. The molecular formula is C6H14N4. The van der Waals surface area contributed by atoms with E-state index in [9.17, 15) is 0 Å². The van der Waals surface area contributed by atoms with Crippen molar-refractivity contribution >= 4 is 5.96 Å². The Morgan fingerprint density at radius 3 is 2.90 bits per heavy atom. The standard InChI is InChI=1S/C6H14N4/c1-10(2)4-5-3-8-6(7)9-5/h5H,3-4H2,1-2H3,(H3,7,8,9). The first-order chi connectivity index (χ1) is 4.68. The van der Waals surface area contributed by atoms with Gasteiger partial charge in [0.05, 0.1) is 12.6 Å². The van der Waals surface area contributed by atoms with Crippen molar-refractivity contribution in [2.75, 3.05) is 27.2 Å². The van der Waals surface area contributed by atoms with Crippen molar-refractivity contribution in [2.24, 2.45) is 10.7 Å². The maximum Gasteiger partial charge on any atom is 0.188 e. The second-order valence-electron chi connectivity index (χ2n) is 2.83. The molecule has 1 aliphatic rings. The predicted octanol–water partition coefficient (Wildman–Crippen LogP) is -1.17. The third-order valence-corrected chi connectivity index (χ3v) is 1.42. The highest BCUT2D eigenvalue weighted by Gasteiger charge is 2.14. The van der Waals surface area contributed by atoms with Crippen LogP contribution in [0.1, 0.15) is 0 Å². The van der Waals surface area contributed by atoms with Crippen molar-refractivity contribution in [1.29, 1.82) is 0 Å². The van der Waals surface area contributed by atoms with Gasteiger partial charge in [-0.1, -0.05) is 0 Å². The molecule has 0 radical (unpaired) electrons. The van der Waals surface area contributed by atoms with Crippen molar-refractivity contribution in [1.82, 2.24) is 10.2 Å². The lowest BCUT2D eigenvalue weighted by Crippen LogP contribution is -2.41. The molecule has 0 bridgehead atoms. The molecular weight excluding hydrogens is 128 g/mol. The van der Waals surface area contributed by atoms with Crippen LogP contribution in [0.25, 0.3) is 0 Å². The van der Waals surface area contributed by atoms with Gasteiger partial charge in [-0.25, -0.2) is 0 Å². The van der Waals surface area contributed by atoms with Gasteiger partial charge in [0.2, 0.25) is 0 Å². The fourth-order valence-corrected chi connectivity index (χ4v) is 1.05. The highest BCUT2D eigenvalue weighted by Crippen LogP contribution is 1.93. The molecule has 1 atom stereocenters. The SMILES string of the molecule is CN(C)CC1CN=C(N)N1. The fourth-order valence-electron chi connectivity index (χ4n) is 1.05. The molecule has 3 N–H and O–H groups in total. The van der Waals surface area contributed by atoms with Gasteiger partial charge in [-0.15, -0.1) is 0 Å². The Balaban J connectivity index is 2.23. The minimum Gasteiger partial charge on any atom is -0.370 e. The summed E-state index contributed by atoms with van der Waals surface area (Å²) in [5, 5.41) is 3.07. The zero-order chi connectivity index (χ0) is 7.56. The monoisotopic (exact) mass is 142 g/mol. The van der Waals surface area contributed by atoms with Crippen LogP contribution in [0, 0.1) is 0 Å². The van der Waals surface area contributed by atoms with Crippen molar-refractivity contribution in [3.63, 3.8) is 0 Å². The maximum absolute atomic E-state index is 5.42. The van der Waals surface area contributed by atoms with Crippen molar-refractivity contribution in [3.8, 4) is 0 Å². The first-order valence-electron chi connectivity index (χ1n) is 3.39.